The van der Waals surface area contributed by atoms with Crippen LogP contribution in [0, 0.1) is 0 Å². The lowest BCUT2D eigenvalue weighted by atomic mass is 10.0. The highest BCUT2D eigenvalue weighted by molar-refractivity contribution is 5.86. The molecule has 0 spiro atoms. The number of amides is 1. The normalized spacial score (nSPS) is 17.5. The van der Waals surface area contributed by atoms with Crippen LogP contribution in [-0.2, 0) is 11.2 Å². The standard InChI is InChI=1S/C18H22N2O.ClH/c1-19-13-17-7-4-10-20(17)18(21)12-14-8-9-15-5-2-3-6-16(15)11-14;/h2-3,5-6,8-9,11,17,19H,4,7,10,12-13H2,1H3;1H. The summed E-state index contributed by atoms with van der Waals surface area (Å²) in [4.78, 5) is 14.6. The van der Waals surface area contributed by atoms with Gasteiger partial charge in [0, 0.05) is 19.1 Å². The maximum absolute atomic E-state index is 12.5. The van der Waals surface area contributed by atoms with Gasteiger partial charge >= 0.3 is 0 Å². The van der Waals surface area contributed by atoms with E-state index in [9.17, 15) is 4.79 Å². The lowest BCUT2D eigenvalue weighted by Crippen LogP contribution is -2.41. The molecule has 0 aromatic heterocycles. The molecule has 1 aliphatic rings. The summed E-state index contributed by atoms with van der Waals surface area (Å²) in [6, 6.07) is 15.0. The van der Waals surface area contributed by atoms with Crippen LogP contribution in [0.3, 0.4) is 0 Å². The Balaban J connectivity index is 0.00000176. The highest BCUT2D eigenvalue weighted by atomic mass is 35.5. The maximum atomic E-state index is 12.5. The van der Waals surface area contributed by atoms with Crippen molar-refractivity contribution in [1.29, 1.82) is 0 Å². The van der Waals surface area contributed by atoms with Gasteiger partial charge in [0.05, 0.1) is 6.42 Å². The summed E-state index contributed by atoms with van der Waals surface area (Å²) in [5, 5.41) is 5.62. The van der Waals surface area contributed by atoms with Gasteiger partial charge in [-0.25, -0.2) is 0 Å². The number of carbonyl (C=O) groups is 1. The Kier molecular flexibility index (Phi) is 5.81. The van der Waals surface area contributed by atoms with Crippen LogP contribution in [0.2, 0.25) is 0 Å². The number of likely N-dealkylation sites (N-methyl/N-ethyl adjacent to an activating group) is 1. The molecule has 0 saturated carbocycles. The monoisotopic (exact) mass is 318 g/mol. The van der Waals surface area contributed by atoms with Crippen LogP contribution >= 0.6 is 12.4 Å². The van der Waals surface area contributed by atoms with Crippen LogP contribution in [0.25, 0.3) is 10.8 Å². The molecule has 0 aliphatic carbocycles. The lowest BCUT2D eigenvalue weighted by Gasteiger charge is -2.24. The van der Waals surface area contributed by atoms with E-state index in [4.69, 9.17) is 0 Å². The summed E-state index contributed by atoms with van der Waals surface area (Å²) in [6.07, 6.45) is 2.74. The fourth-order valence-electron chi connectivity index (χ4n) is 3.24. The SMILES string of the molecule is CNCC1CCCN1C(=O)Cc1ccc2ccccc2c1.Cl. The van der Waals surface area contributed by atoms with Crippen LogP contribution in [0.15, 0.2) is 42.5 Å². The van der Waals surface area contributed by atoms with Gasteiger partial charge in [-0.3, -0.25) is 4.79 Å². The Morgan fingerprint density at radius 3 is 2.77 bits per heavy atom. The highest BCUT2D eigenvalue weighted by Gasteiger charge is 2.27. The summed E-state index contributed by atoms with van der Waals surface area (Å²) in [5.74, 6) is 0.253. The first-order valence-electron chi connectivity index (χ1n) is 7.69. The van der Waals surface area contributed by atoms with E-state index in [2.05, 4.69) is 35.6 Å². The molecular formula is C18H23ClN2O. The van der Waals surface area contributed by atoms with E-state index in [1.54, 1.807) is 0 Å². The summed E-state index contributed by atoms with van der Waals surface area (Å²) in [7, 11) is 1.95. The molecule has 1 unspecified atom stereocenters. The number of likely N-dealkylation sites (tertiary alicyclic amines) is 1. The molecular weight excluding hydrogens is 296 g/mol. The molecule has 1 atom stereocenters. The van der Waals surface area contributed by atoms with Crippen LogP contribution in [0.4, 0.5) is 0 Å². The van der Waals surface area contributed by atoms with Gasteiger partial charge in [0.15, 0.2) is 0 Å². The first-order chi connectivity index (χ1) is 10.3. The Hall–Kier alpha value is -1.58. The maximum Gasteiger partial charge on any atom is 0.227 e. The summed E-state index contributed by atoms with van der Waals surface area (Å²) >= 11 is 0. The smallest absolute Gasteiger partial charge is 0.227 e. The molecule has 2 aromatic carbocycles. The van der Waals surface area contributed by atoms with Crippen LogP contribution < -0.4 is 5.32 Å². The minimum Gasteiger partial charge on any atom is -0.338 e. The van der Waals surface area contributed by atoms with E-state index < -0.39 is 0 Å². The second-order valence-corrected chi connectivity index (χ2v) is 5.80. The third kappa shape index (κ3) is 3.60. The van der Waals surface area contributed by atoms with E-state index in [0.717, 1.165) is 31.5 Å². The Labute approximate surface area is 138 Å². The van der Waals surface area contributed by atoms with Crippen LogP contribution in [0.5, 0.6) is 0 Å². The Bertz CT molecular complexity index is 644. The Morgan fingerprint density at radius 2 is 2.00 bits per heavy atom. The minimum absolute atomic E-state index is 0. The number of fused-ring (bicyclic) bond motifs is 1. The minimum atomic E-state index is 0. The van der Waals surface area contributed by atoms with Crippen molar-refractivity contribution in [2.45, 2.75) is 25.3 Å². The predicted octanol–water partition coefficient (Wildman–Crippen LogP) is 3.01. The number of halogens is 1. The fraction of sp³-hybridized carbons (Fsp3) is 0.389. The predicted molar refractivity (Wildman–Crippen MR) is 93.6 cm³/mol. The first kappa shape index (κ1) is 16.8. The van der Waals surface area contributed by atoms with E-state index in [0.29, 0.717) is 12.5 Å². The molecule has 4 heteroatoms. The van der Waals surface area contributed by atoms with E-state index in [1.165, 1.54) is 10.8 Å². The lowest BCUT2D eigenvalue weighted by molar-refractivity contribution is -0.131. The second kappa shape index (κ2) is 7.61. The van der Waals surface area contributed by atoms with Gasteiger partial charge in [-0.2, -0.15) is 0 Å². The zero-order valence-corrected chi connectivity index (χ0v) is 13.7. The van der Waals surface area contributed by atoms with Crippen molar-refractivity contribution in [3.05, 3.63) is 48.0 Å². The number of carbonyl (C=O) groups excluding carboxylic acids is 1. The molecule has 0 bridgehead atoms. The molecule has 1 fully saturated rings. The van der Waals surface area contributed by atoms with Crippen molar-refractivity contribution in [1.82, 2.24) is 10.2 Å². The largest absolute Gasteiger partial charge is 0.338 e. The molecule has 0 radical (unpaired) electrons. The molecule has 1 aliphatic heterocycles. The summed E-state index contributed by atoms with van der Waals surface area (Å²) < 4.78 is 0. The number of hydrogen-bond donors (Lipinski definition) is 1. The van der Waals surface area contributed by atoms with Gasteiger partial charge in [-0.15, -0.1) is 12.4 Å². The molecule has 1 saturated heterocycles. The molecule has 1 heterocycles. The topological polar surface area (TPSA) is 32.3 Å². The number of hydrogen-bond acceptors (Lipinski definition) is 2. The van der Waals surface area contributed by atoms with Gasteiger partial charge in [-0.1, -0.05) is 42.5 Å². The third-order valence-corrected chi connectivity index (χ3v) is 4.31. The van der Waals surface area contributed by atoms with E-state index in [-0.39, 0.29) is 18.3 Å². The van der Waals surface area contributed by atoms with Gasteiger partial charge < -0.3 is 10.2 Å². The molecule has 118 valence electrons. The zero-order chi connectivity index (χ0) is 14.7. The van der Waals surface area contributed by atoms with Crippen molar-refractivity contribution in [3.63, 3.8) is 0 Å². The summed E-state index contributed by atoms with van der Waals surface area (Å²) in [5.41, 5.74) is 1.11. The Morgan fingerprint density at radius 1 is 1.23 bits per heavy atom. The average Bonchev–Trinajstić information content (AvgIpc) is 2.96. The molecule has 3 nitrogen and oxygen atoms in total. The van der Waals surface area contributed by atoms with Gasteiger partial charge in [-0.05, 0) is 36.2 Å². The van der Waals surface area contributed by atoms with Crippen molar-refractivity contribution < 1.29 is 4.79 Å². The van der Waals surface area contributed by atoms with Crippen molar-refractivity contribution in [3.8, 4) is 0 Å². The molecule has 2 aromatic rings. The van der Waals surface area contributed by atoms with E-state index >= 15 is 0 Å². The van der Waals surface area contributed by atoms with Crippen molar-refractivity contribution in [2.75, 3.05) is 20.1 Å². The molecule has 22 heavy (non-hydrogen) atoms. The van der Waals surface area contributed by atoms with E-state index in [1.807, 2.05) is 24.1 Å². The molecule has 1 N–H and O–H groups in total. The highest BCUT2D eigenvalue weighted by Crippen LogP contribution is 2.20. The average molecular weight is 319 g/mol. The van der Waals surface area contributed by atoms with Crippen molar-refractivity contribution in [2.24, 2.45) is 0 Å². The van der Waals surface area contributed by atoms with Crippen LogP contribution in [0.1, 0.15) is 18.4 Å². The molecule has 1 amide bonds. The van der Waals surface area contributed by atoms with Gasteiger partial charge in [0.25, 0.3) is 0 Å². The molecule has 3 rings (SSSR count). The zero-order valence-electron chi connectivity index (χ0n) is 12.9. The summed E-state index contributed by atoms with van der Waals surface area (Å²) in [6.45, 7) is 1.79. The quantitative estimate of drug-likeness (QED) is 0.940. The fourth-order valence-corrected chi connectivity index (χ4v) is 3.24. The number of benzene rings is 2. The third-order valence-electron chi connectivity index (χ3n) is 4.31. The number of nitrogens with zero attached hydrogens (tertiary/aromatic N) is 1. The second-order valence-electron chi connectivity index (χ2n) is 5.80. The number of nitrogens with one attached hydrogen (secondary N) is 1. The number of rotatable bonds is 4. The van der Waals surface area contributed by atoms with Gasteiger partial charge in [0.2, 0.25) is 5.91 Å². The van der Waals surface area contributed by atoms with Crippen molar-refractivity contribution >= 4 is 29.1 Å². The van der Waals surface area contributed by atoms with Gasteiger partial charge in [0.1, 0.15) is 0 Å². The van der Waals surface area contributed by atoms with Crippen LogP contribution in [-0.4, -0.2) is 37.0 Å². The first-order valence-corrected chi connectivity index (χ1v) is 7.69.